The standard InChI is InChI=1S/C14H16O3/c1-17-13(16)14-8-7-12(15)11(14)6-5-9-3-2-4-10(9)14/h5,7-8,10-11H,2-4,6H2,1H3/t10-,11-,14+/m1/s1. The van der Waals surface area contributed by atoms with Crippen molar-refractivity contribution in [1.29, 1.82) is 0 Å². The number of esters is 1. The van der Waals surface area contributed by atoms with E-state index in [1.165, 1.54) is 12.7 Å². The Morgan fingerprint density at radius 2 is 2.29 bits per heavy atom. The zero-order valence-electron chi connectivity index (χ0n) is 9.94. The Hall–Kier alpha value is -1.38. The van der Waals surface area contributed by atoms with Crippen molar-refractivity contribution in [1.82, 2.24) is 0 Å². The van der Waals surface area contributed by atoms with E-state index >= 15 is 0 Å². The molecule has 0 aromatic carbocycles. The van der Waals surface area contributed by atoms with Crippen LogP contribution in [0.3, 0.4) is 0 Å². The lowest BCUT2D eigenvalue weighted by Gasteiger charge is -2.39. The molecule has 0 bridgehead atoms. The Balaban J connectivity index is 2.11. The predicted octanol–water partition coefficient (Wildman–Crippen LogP) is 2.03. The topological polar surface area (TPSA) is 43.4 Å². The van der Waals surface area contributed by atoms with Gasteiger partial charge in [0.15, 0.2) is 5.78 Å². The maximum atomic E-state index is 12.2. The Morgan fingerprint density at radius 3 is 3.06 bits per heavy atom. The highest BCUT2D eigenvalue weighted by molar-refractivity contribution is 6.02. The molecule has 0 spiro atoms. The fraction of sp³-hybridized carbons (Fsp3) is 0.571. The van der Waals surface area contributed by atoms with Crippen molar-refractivity contribution in [3.8, 4) is 0 Å². The van der Waals surface area contributed by atoms with E-state index in [0.717, 1.165) is 19.3 Å². The van der Waals surface area contributed by atoms with Gasteiger partial charge in [-0.1, -0.05) is 17.7 Å². The van der Waals surface area contributed by atoms with E-state index in [-0.39, 0.29) is 23.6 Å². The van der Waals surface area contributed by atoms with E-state index in [4.69, 9.17) is 4.74 Å². The van der Waals surface area contributed by atoms with Crippen LogP contribution in [-0.4, -0.2) is 18.9 Å². The first-order chi connectivity index (χ1) is 8.20. The summed E-state index contributed by atoms with van der Waals surface area (Å²) in [6, 6.07) is 0. The summed E-state index contributed by atoms with van der Waals surface area (Å²) in [6.45, 7) is 0. The Morgan fingerprint density at radius 1 is 1.47 bits per heavy atom. The number of fused-ring (bicyclic) bond motifs is 3. The molecule has 0 aliphatic heterocycles. The fourth-order valence-electron chi connectivity index (χ4n) is 3.82. The molecular weight excluding hydrogens is 216 g/mol. The average Bonchev–Trinajstić information content (AvgIpc) is 2.93. The normalized spacial score (nSPS) is 38.6. The first-order valence-corrected chi connectivity index (χ1v) is 6.20. The molecule has 1 fully saturated rings. The molecule has 0 saturated heterocycles. The van der Waals surface area contributed by atoms with Gasteiger partial charge in [-0.3, -0.25) is 9.59 Å². The van der Waals surface area contributed by atoms with E-state index in [2.05, 4.69) is 6.08 Å². The van der Waals surface area contributed by atoms with Crippen LogP contribution in [0.15, 0.2) is 23.8 Å². The number of ketones is 1. The van der Waals surface area contributed by atoms with Crippen LogP contribution < -0.4 is 0 Å². The van der Waals surface area contributed by atoms with Crippen LogP contribution in [0.1, 0.15) is 25.7 Å². The number of methoxy groups -OCH3 is 1. The molecule has 3 atom stereocenters. The maximum absolute atomic E-state index is 12.2. The second-order valence-electron chi connectivity index (χ2n) is 5.17. The fourth-order valence-corrected chi connectivity index (χ4v) is 3.82. The van der Waals surface area contributed by atoms with Gasteiger partial charge in [-0.2, -0.15) is 0 Å². The summed E-state index contributed by atoms with van der Waals surface area (Å²) in [5.41, 5.74) is 0.665. The SMILES string of the molecule is COC(=O)[C@]12C=CC(=O)[C@H]1CC=C1CCC[C@H]12. The van der Waals surface area contributed by atoms with Gasteiger partial charge in [-0.25, -0.2) is 0 Å². The predicted molar refractivity (Wildman–Crippen MR) is 62.1 cm³/mol. The molecule has 0 unspecified atom stereocenters. The number of ether oxygens (including phenoxy) is 1. The van der Waals surface area contributed by atoms with Gasteiger partial charge < -0.3 is 4.74 Å². The summed E-state index contributed by atoms with van der Waals surface area (Å²) in [7, 11) is 1.41. The molecule has 17 heavy (non-hydrogen) atoms. The molecule has 0 aromatic rings. The summed E-state index contributed by atoms with van der Waals surface area (Å²) in [5.74, 6) is -0.183. The van der Waals surface area contributed by atoms with E-state index in [1.54, 1.807) is 6.08 Å². The smallest absolute Gasteiger partial charge is 0.317 e. The Labute approximate surface area is 101 Å². The number of carbonyl (C=O) groups excluding carboxylic acids is 2. The molecule has 0 aromatic heterocycles. The molecule has 1 saturated carbocycles. The largest absolute Gasteiger partial charge is 0.468 e. The van der Waals surface area contributed by atoms with Crippen LogP contribution in [0.2, 0.25) is 0 Å². The molecule has 3 heteroatoms. The number of carbonyl (C=O) groups is 2. The van der Waals surface area contributed by atoms with Gasteiger partial charge in [0.2, 0.25) is 0 Å². The highest BCUT2D eigenvalue weighted by atomic mass is 16.5. The minimum Gasteiger partial charge on any atom is -0.468 e. The van der Waals surface area contributed by atoms with Crippen molar-refractivity contribution in [2.75, 3.05) is 7.11 Å². The number of rotatable bonds is 1. The van der Waals surface area contributed by atoms with Crippen molar-refractivity contribution in [3.63, 3.8) is 0 Å². The van der Waals surface area contributed by atoms with Crippen molar-refractivity contribution in [2.24, 2.45) is 17.3 Å². The zero-order valence-corrected chi connectivity index (χ0v) is 9.94. The molecule has 0 amide bonds. The maximum Gasteiger partial charge on any atom is 0.317 e. The van der Waals surface area contributed by atoms with Crippen molar-refractivity contribution < 1.29 is 14.3 Å². The monoisotopic (exact) mass is 232 g/mol. The minimum absolute atomic E-state index is 0.0811. The Kier molecular flexibility index (Phi) is 2.25. The zero-order chi connectivity index (χ0) is 12.0. The van der Waals surface area contributed by atoms with Gasteiger partial charge in [0.1, 0.15) is 5.41 Å². The molecule has 3 aliphatic carbocycles. The van der Waals surface area contributed by atoms with E-state index in [9.17, 15) is 9.59 Å². The summed E-state index contributed by atoms with van der Waals surface area (Å²) < 4.78 is 4.98. The van der Waals surface area contributed by atoms with E-state index in [0.29, 0.717) is 6.42 Å². The Bertz CT molecular complexity index is 446. The summed E-state index contributed by atoms with van der Waals surface area (Å²) in [4.78, 5) is 24.1. The molecule has 90 valence electrons. The second kappa shape index (κ2) is 3.56. The lowest BCUT2D eigenvalue weighted by Crippen LogP contribution is -2.45. The van der Waals surface area contributed by atoms with Gasteiger partial charge in [-0.15, -0.1) is 0 Å². The van der Waals surface area contributed by atoms with Gasteiger partial charge >= 0.3 is 5.97 Å². The lowest BCUT2D eigenvalue weighted by atomic mass is 9.62. The summed E-state index contributed by atoms with van der Waals surface area (Å²) >= 11 is 0. The van der Waals surface area contributed by atoms with Gasteiger partial charge in [0, 0.05) is 11.8 Å². The average molecular weight is 232 g/mol. The van der Waals surface area contributed by atoms with Crippen LogP contribution in [0, 0.1) is 17.3 Å². The van der Waals surface area contributed by atoms with Crippen LogP contribution in [0.25, 0.3) is 0 Å². The van der Waals surface area contributed by atoms with Gasteiger partial charge in [0.25, 0.3) is 0 Å². The van der Waals surface area contributed by atoms with Crippen molar-refractivity contribution in [2.45, 2.75) is 25.7 Å². The molecule has 3 rings (SSSR count). The highest BCUT2D eigenvalue weighted by Crippen LogP contribution is 2.56. The van der Waals surface area contributed by atoms with Gasteiger partial charge in [0.05, 0.1) is 7.11 Å². The summed E-state index contributed by atoms with van der Waals surface area (Å²) in [6.07, 6.45) is 9.43. The van der Waals surface area contributed by atoms with E-state index in [1.807, 2.05) is 6.08 Å². The van der Waals surface area contributed by atoms with Crippen LogP contribution in [0.5, 0.6) is 0 Å². The third kappa shape index (κ3) is 1.22. The minimum atomic E-state index is -0.688. The van der Waals surface area contributed by atoms with Crippen molar-refractivity contribution in [3.05, 3.63) is 23.8 Å². The molecular formula is C14H16O3. The van der Waals surface area contributed by atoms with Crippen LogP contribution >= 0.6 is 0 Å². The van der Waals surface area contributed by atoms with Crippen LogP contribution in [0.4, 0.5) is 0 Å². The third-order valence-corrected chi connectivity index (χ3v) is 4.58. The first kappa shape index (κ1) is 10.8. The molecule has 0 heterocycles. The number of hydrogen-bond donors (Lipinski definition) is 0. The molecule has 3 aliphatic rings. The van der Waals surface area contributed by atoms with Gasteiger partial charge in [-0.05, 0) is 31.8 Å². The lowest BCUT2D eigenvalue weighted by molar-refractivity contribution is -0.157. The molecule has 0 radical (unpaired) electrons. The second-order valence-corrected chi connectivity index (χ2v) is 5.17. The number of allylic oxidation sites excluding steroid dienone is 3. The van der Waals surface area contributed by atoms with Crippen LogP contribution in [-0.2, 0) is 14.3 Å². The number of hydrogen-bond acceptors (Lipinski definition) is 3. The first-order valence-electron chi connectivity index (χ1n) is 6.20. The highest BCUT2D eigenvalue weighted by Gasteiger charge is 2.58. The third-order valence-electron chi connectivity index (χ3n) is 4.58. The molecule has 0 N–H and O–H groups in total. The van der Waals surface area contributed by atoms with E-state index < -0.39 is 5.41 Å². The quantitative estimate of drug-likeness (QED) is 0.513. The van der Waals surface area contributed by atoms with Crippen molar-refractivity contribution >= 4 is 11.8 Å². The molecule has 3 nitrogen and oxygen atoms in total. The summed E-state index contributed by atoms with van der Waals surface area (Å²) in [5, 5.41) is 0.